The summed E-state index contributed by atoms with van der Waals surface area (Å²) in [6.45, 7) is 0. The molecule has 3 heteroatoms. The Hall–Kier alpha value is -2.81. The van der Waals surface area contributed by atoms with Crippen LogP contribution in [0.5, 0.6) is 5.75 Å². The molecule has 0 amide bonds. The second kappa shape index (κ2) is 5.29. The highest BCUT2D eigenvalue weighted by Crippen LogP contribution is 2.27. The summed E-state index contributed by atoms with van der Waals surface area (Å²) in [5, 5.41) is 11.0. The number of methoxy groups -OCH3 is 1. The van der Waals surface area contributed by atoms with Gasteiger partial charge in [0.2, 0.25) is 0 Å². The van der Waals surface area contributed by atoms with Gasteiger partial charge in [-0.05, 0) is 52.2 Å². The van der Waals surface area contributed by atoms with Crippen LogP contribution < -0.4 is 4.74 Å². The van der Waals surface area contributed by atoms with Crippen LogP contribution in [0.15, 0.2) is 60.7 Å². The van der Waals surface area contributed by atoms with Gasteiger partial charge in [-0.15, -0.1) is 0 Å². The fraction of sp³-hybridized carbons (Fsp3) is 0.0556. The van der Waals surface area contributed by atoms with Crippen molar-refractivity contribution in [2.24, 2.45) is 0 Å². The van der Waals surface area contributed by atoms with E-state index in [0.29, 0.717) is 5.56 Å². The molecule has 3 rings (SSSR count). The Morgan fingerprint density at radius 2 is 1.62 bits per heavy atom. The van der Waals surface area contributed by atoms with Crippen LogP contribution in [-0.2, 0) is 0 Å². The Balaban J connectivity index is 2.08. The standard InChI is InChI=1S/C18H14O3/c1-21-17-4-2-3-12(11-17)13-5-6-15-10-16(18(19)20)8-7-14(15)9-13/h2-11H,1H3,(H,19,20). The minimum absolute atomic E-state index is 0.302. The summed E-state index contributed by atoms with van der Waals surface area (Å²) < 4.78 is 5.24. The summed E-state index contributed by atoms with van der Waals surface area (Å²) in [7, 11) is 1.65. The smallest absolute Gasteiger partial charge is 0.335 e. The molecule has 0 fully saturated rings. The predicted octanol–water partition coefficient (Wildman–Crippen LogP) is 4.21. The van der Waals surface area contributed by atoms with E-state index in [1.807, 2.05) is 42.5 Å². The lowest BCUT2D eigenvalue weighted by atomic mass is 10.00. The van der Waals surface area contributed by atoms with Crippen molar-refractivity contribution in [2.75, 3.05) is 7.11 Å². The fourth-order valence-corrected chi connectivity index (χ4v) is 2.36. The zero-order valence-corrected chi connectivity index (χ0v) is 11.5. The number of carboxylic acid groups (broad SMARTS) is 1. The number of aromatic carboxylic acids is 1. The van der Waals surface area contributed by atoms with E-state index < -0.39 is 5.97 Å². The number of hydrogen-bond donors (Lipinski definition) is 1. The predicted molar refractivity (Wildman–Crippen MR) is 82.9 cm³/mol. The van der Waals surface area contributed by atoms with Crippen molar-refractivity contribution in [3.05, 3.63) is 66.2 Å². The molecule has 0 saturated carbocycles. The van der Waals surface area contributed by atoms with Gasteiger partial charge >= 0.3 is 5.97 Å². The van der Waals surface area contributed by atoms with E-state index in [-0.39, 0.29) is 0 Å². The molecule has 0 atom stereocenters. The Bertz CT molecular complexity index is 822. The first-order valence-electron chi connectivity index (χ1n) is 6.59. The Kier molecular flexibility index (Phi) is 3.32. The molecular formula is C18H14O3. The number of carboxylic acids is 1. The van der Waals surface area contributed by atoms with Crippen LogP contribution in [0.4, 0.5) is 0 Å². The first-order valence-corrected chi connectivity index (χ1v) is 6.59. The molecule has 3 aromatic rings. The number of benzene rings is 3. The average molecular weight is 278 g/mol. The van der Waals surface area contributed by atoms with Crippen LogP contribution in [-0.4, -0.2) is 18.2 Å². The van der Waals surface area contributed by atoms with Crippen LogP contribution >= 0.6 is 0 Å². The molecule has 0 aromatic heterocycles. The molecule has 3 nitrogen and oxygen atoms in total. The largest absolute Gasteiger partial charge is 0.497 e. The zero-order valence-electron chi connectivity index (χ0n) is 11.5. The third kappa shape index (κ3) is 2.58. The lowest BCUT2D eigenvalue weighted by Crippen LogP contribution is -1.95. The molecule has 0 bridgehead atoms. The summed E-state index contributed by atoms with van der Waals surface area (Å²) in [5.74, 6) is -0.0948. The topological polar surface area (TPSA) is 46.5 Å². The van der Waals surface area contributed by atoms with Crippen molar-refractivity contribution in [1.82, 2.24) is 0 Å². The molecule has 0 aliphatic carbocycles. The van der Waals surface area contributed by atoms with Crippen molar-refractivity contribution >= 4 is 16.7 Å². The number of hydrogen-bond acceptors (Lipinski definition) is 2. The van der Waals surface area contributed by atoms with Gasteiger partial charge in [0, 0.05) is 0 Å². The van der Waals surface area contributed by atoms with Crippen LogP contribution in [0.2, 0.25) is 0 Å². The van der Waals surface area contributed by atoms with Gasteiger partial charge in [0.1, 0.15) is 5.75 Å². The second-order valence-corrected chi connectivity index (χ2v) is 4.81. The Morgan fingerprint density at radius 3 is 2.38 bits per heavy atom. The SMILES string of the molecule is COc1cccc(-c2ccc3cc(C(=O)O)ccc3c2)c1. The Labute approximate surface area is 122 Å². The first kappa shape index (κ1) is 13.2. The molecule has 0 unspecified atom stereocenters. The van der Waals surface area contributed by atoms with Gasteiger partial charge < -0.3 is 9.84 Å². The van der Waals surface area contributed by atoms with Gasteiger partial charge in [-0.25, -0.2) is 4.79 Å². The molecular weight excluding hydrogens is 264 g/mol. The van der Waals surface area contributed by atoms with Crippen molar-refractivity contribution in [1.29, 1.82) is 0 Å². The maximum absolute atomic E-state index is 11.0. The van der Waals surface area contributed by atoms with E-state index in [1.165, 1.54) is 0 Å². The number of rotatable bonds is 3. The molecule has 104 valence electrons. The van der Waals surface area contributed by atoms with Gasteiger partial charge in [-0.2, -0.15) is 0 Å². The normalized spacial score (nSPS) is 10.5. The highest BCUT2D eigenvalue weighted by atomic mass is 16.5. The van der Waals surface area contributed by atoms with Crippen LogP contribution in [0.3, 0.4) is 0 Å². The monoisotopic (exact) mass is 278 g/mol. The van der Waals surface area contributed by atoms with Gasteiger partial charge in [-0.1, -0.05) is 30.3 Å². The highest BCUT2D eigenvalue weighted by molar-refractivity contribution is 5.95. The Morgan fingerprint density at radius 1 is 0.905 bits per heavy atom. The van der Waals surface area contributed by atoms with E-state index >= 15 is 0 Å². The molecule has 0 saturated heterocycles. The zero-order chi connectivity index (χ0) is 14.8. The third-order valence-corrected chi connectivity index (χ3v) is 3.49. The molecule has 0 heterocycles. The first-order chi connectivity index (χ1) is 10.2. The molecule has 3 aromatic carbocycles. The quantitative estimate of drug-likeness (QED) is 0.780. The van der Waals surface area contributed by atoms with Crippen molar-refractivity contribution in [2.45, 2.75) is 0 Å². The minimum Gasteiger partial charge on any atom is -0.497 e. The molecule has 0 aliphatic heterocycles. The van der Waals surface area contributed by atoms with Crippen molar-refractivity contribution < 1.29 is 14.6 Å². The van der Waals surface area contributed by atoms with Crippen molar-refractivity contribution in [3.63, 3.8) is 0 Å². The summed E-state index contributed by atoms with van der Waals surface area (Å²) in [6.07, 6.45) is 0. The highest BCUT2D eigenvalue weighted by Gasteiger charge is 2.05. The van der Waals surface area contributed by atoms with Gasteiger partial charge in [-0.3, -0.25) is 0 Å². The summed E-state index contributed by atoms with van der Waals surface area (Å²) >= 11 is 0. The molecule has 21 heavy (non-hydrogen) atoms. The maximum atomic E-state index is 11.0. The van der Waals surface area contributed by atoms with Gasteiger partial charge in [0.25, 0.3) is 0 Å². The maximum Gasteiger partial charge on any atom is 0.335 e. The fourth-order valence-electron chi connectivity index (χ4n) is 2.36. The van der Waals surface area contributed by atoms with E-state index in [1.54, 1.807) is 19.2 Å². The molecule has 0 radical (unpaired) electrons. The van der Waals surface area contributed by atoms with Crippen molar-refractivity contribution in [3.8, 4) is 16.9 Å². The second-order valence-electron chi connectivity index (χ2n) is 4.81. The van der Waals surface area contributed by atoms with Crippen LogP contribution in [0.1, 0.15) is 10.4 Å². The van der Waals surface area contributed by atoms with Gasteiger partial charge in [0.05, 0.1) is 12.7 Å². The lowest BCUT2D eigenvalue weighted by molar-refractivity contribution is 0.0697. The summed E-state index contributed by atoms with van der Waals surface area (Å²) in [5.41, 5.74) is 2.44. The summed E-state index contributed by atoms with van der Waals surface area (Å²) in [6, 6.07) is 19.0. The molecule has 1 N–H and O–H groups in total. The van der Waals surface area contributed by atoms with Gasteiger partial charge in [0.15, 0.2) is 0 Å². The minimum atomic E-state index is -0.909. The van der Waals surface area contributed by atoms with E-state index in [2.05, 4.69) is 6.07 Å². The molecule has 0 aliphatic rings. The number of fused-ring (bicyclic) bond motifs is 1. The van der Waals surface area contributed by atoms with E-state index in [0.717, 1.165) is 27.6 Å². The third-order valence-electron chi connectivity index (χ3n) is 3.49. The van der Waals surface area contributed by atoms with E-state index in [4.69, 9.17) is 9.84 Å². The number of ether oxygens (including phenoxy) is 1. The lowest BCUT2D eigenvalue weighted by Gasteiger charge is -2.07. The molecule has 0 spiro atoms. The average Bonchev–Trinajstić information content (AvgIpc) is 2.53. The van der Waals surface area contributed by atoms with Crippen LogP contribution in [0, 0.1) is 0 Å². The van der Waals surface area contributed by atoms with Crippen LogP contribution in [0.25, 0.3) is 21.9 Å². The number of carbonyl (C=O) groups is 1. The van der Waals surface area contributed by atoms with E-state index in [9.17, 15) is 4.79 Å². The summed E-state index contributed by atoms with van der Waals surface area (Å²) in [4.78, 5) is 11.0.